The average Bonchev–Trinajstić information content (AvgIpc) is 2.98. The van der Waals surface area contributed by atoms with E-state index in [1.54, 1.807) is 27.7 Å². The van der Waals surface area contributed by atoms with Crippen LogP contribution in [0, 0.1) is 6.92 Å². The molecule has 1 aromatic carbocycles. The lowest BCUT2D eigenvalue weighted by molar-refractivity contribution is 0.699. The van der Waals surface area contributed by atoms with Crippen molar-refractivity contribution < 1.29 is 0 Å². The number of hydrogen-bond donors (Lipinski definition) is 0. The first-order chi connectivity index (χ1) is 12.2. The zero-order valence-corrected chi connectivity index (χ0v) is 15.9. The SMILES string of the molecule is C=CCSc1nc2sc3c(c2c(=O)n1-c1cccc(C)c1)CCCC3. The monoisotopic (exact) mass is 368 g/mol. The van der Waals surface area contributed by atoms with Gasteiger partial charge >= 0.3 is 0 Å². The molecule has 0 saturated heterocycles. The van der Waals surface area contributed by atoms with Crippen molar-refractivity contribution in [1.29, 1.82) is 0 Å². The lowest BCUT2D eigenvalue weighted by Crippen LogP contribution is -2.22. The van der Waals surface area contributed by atoms with E-state index in [0.29, 0.717) is 0 Å². The van der Waals surface area contributed by atoms with Crippen molar-refractivity contribution in [2.24, 2.45) is 0 Å². The summed E-state index contributed by atoms with van der Waals surface area (Å²) in [5, 5.41) is 1.59. The third-order valence-corrected chi connectivity index (χ3v) is 6.67. The van der Waals surface area contributed by atoms with E-state index >= 15 is 0 Å². The second-order valence-electron chi connectivity index (χ2n) is 6.36. The lowest BCUT2D eigenvalue weighted by atomic mass is 9.97. The lowest BCUT2D eigenvalue weighted by Gasteiger charge is -2.13. The van der Waals surface area contributed by atoms with Gasteiger partial charge in [0.1, 0.15) is 4.83 Å². The van der Waals surface area contributed by atoms with Crippen molar-refractivity contribution >= 4 is 33.3 Å². The number of aryl methyl sites for hydroxylation is 3. The maximum atomic E-state index is 13.4. The standard InChI is InChI=1S/C20H20N2OS2/c1-3-11-24-20-21-18-17(15-9-4-5-10-16(15)25-18)19(23)22(20)14-8-6-7-13(2)12-14/h3,6-8,12H,1,4-5,9-11H2,2H3. The van der Waals surface area contributed by atoms with Gasteiger partial charge in [0.2, 0.25) is 0 Å². The molecule has 0 aliphatic heterocycles. The molecule has 0 atom stereocenters. The Balaban J connectivity index is 2.02. The molecule has 3 nitrogen and oxygen atoms in total. The van der Waals surface area contributed by atoms with Crippen molar-refractivity contribution in [2.45, 2.75) is 37.8 Å². The third-order valence-electron chi connectivity index (χ3n) is 4.55. The number of thiophene rings is 1. The number of hydrogen-bond acceptors (Lipinski definition) is 4. The molecule has 2 heterocycles. The molecule has 0 amide bonds. The first-order valence-corrected chi connectivity index (χ1v) is 10.4. The first kappa shape index (κ1) is 16.6. The van der Waals surface area contributed by atoms with E-state index in [2.05, 4.69) is 6.58 Å². The van der Waals surface area contributed by atoms with E-state index < -0.39 is 0 Å². The van der Waals surface area contributed by atoms with Crippen molar-refractivity contribution in [2.75, 3.05) is 5.75 Å². The van der Waals surface area contributed by atoms with Gasteiger partial charge in [0.15, 0.2) is 5.16 Å². The topological polar surface area (TPSA) is 34.9 Å². The van der Waals surface area contributed by atoms with Crippen molar-refractivity contribution in [1.82, 2.24) is 9.55 Å². The molecular weight excluding hydrogens is 348 g/mol. The first-order valence-electron chi connectivity index (χ1n) is 8.57. The van der Waals surface area contributed by atoms with Crippen LogP contribution >= 0.6 is 23.1 Å². The van der Waals surface area contributed by atoms with Gasteiger partial charge in [-0.2, -0.15) is 0 Å². The average molecular weight is 369 g/mol. The van der Waals surface area contributed by atoms with Crippen LogP contribution in [0.4, 0.5) is 0 Å². The molecule has 5 heteroatoms. The van der Waals surface area contributed by atoms with Gasteiger partial charge in [0, 0.05) is 10.6 Å². The highest BCUT2D eigenvalue weighted by molar-refractivity contribution is 7.99. The van der Waals surface area contributed by atoms with Gasteiger partial charge in [-0.05, 0) is 55.9 Å². The Bertz CT molecular complexity index is 1020. The van der Waals surface area contributed by atoms with Crippen LogP contribution in [0.25, 0.3) is 15.9 Å². The molecule has 0 N–H and O–H groups in total. The quantitative estimate of drug-likeness (QED) is 0.373. The molecule has 0 unspecified atom stereocenters. The van der Waals surface area contributed by atoms with E-state index in [-0.39, 0.29) is 5.56 Å². The summed E-state index contributed by atoms with van der Waals surface area (Å²) in [6, 6.07) is 8.07. The van der Waals surface area contributed by atoms with Crippen LogP contribution in [0.2, 0.25) is 0 Å². The van der Waals surface area contributed by atoms with Crippen molar-refractivity contribution in [3.05, 3.63) is 63.3 Å². The maximum absolute atomic E-state index is 13.4. The summed E-state index contributed by atoms with van der Waals surface area (Å²) >= 11 is 3.27. The summed E-state index contributed by atoms with van der Waals surface area (Å²) < 4.78 is 1.78. The van der Waals surface area contributed by atoms with E-state index in [1.165, 1.54) is 16.9 Å². The zero-order valence-electron chi connectivity index (χ0n) is 14.2. The molecule has 1 aliphatic rings. The maximum Gasteiger partial charge on any atom is 0.267 e. The van der Waals surface area contributed by atoms with Gasteiger partial charge in [-0.25, -0.2) is 4.98 Å². The minimum absolute atomic E-state index is 0.0709. The fourth-order valence-corrected chi connectivity index (χ4v) is 5.46. The predicted molar refractivity (Wildman–Crippen MR) is 108 cm³/mol. The number of nitrogens with zero attached hydrogens (tertiary/aromatic N) is 2. The molecule has 0 saturated carbocycles. The summed E-state index contributed by atoms with van der Waals surface area (Å²) in [6.07, 6.45) is 6.30. The van der Waals surface area contributed by atoms with Crippen LogP contribution in [0.5, 0.6) is 0 Å². The summed E-state index contributed by atoms with van der Waals surface area (Å²) in [5.41, 5.74) is 3.34. The van der Waals surface area contributed by atoms with Gasteiger partial charge in [0.25, 0.3) is 5.56 Å². The molecule has 1 aliphatic carbocycles. The summed E-state index contributed by atoms with van der Waals surface area (Å²) in [4.78, 5) is 20.6. The third kappa shape index (κ3) is 2.96. The molecule has 0 spiro atoms. The van der Waals surface area contributed by atoms with E-state index in [9.17, 15) is 4.79 Å². The number of rotatable bonds is 4. The molecule has 128 valence electrons. The van der Waals surface area contributed by atoms with Crippen molar-refractivity contribution in [3.8, 4) is 5.69 Å². The fraction of sp³-hybridized carbons (Fsp3) is 0.300. The number of fused-ring (bicyclic) bond motifs is 3. The van der Waals surface area contributed by atoms with Gasteiger partial charge < -0.3 is 0 Å². The van der Waals surface area contributed by atoms with Gasteiger partial charge in [0.05, 0.1) is 11.1 Å². The molecular formula is C20H20N2OS2. The number of aromatic nitrogens is 2. The van der Waals surface area contributed by atoms with Crippen LogP contribution < -0.4 is 5.56 Å². The zero-order chi connectivity index (χ0) is 17.4. The Kier molecular flexibility index (Phi) is 4.52. The van der Waals surface area contributed by atoms with E-state index in [0.717, 1.165) is 51.6 Å². The van der Waals surface area contributed by atoms with Crippen LogP contribution in [0.15, 0.2) is 46.9 Å². The molecule has 0 bridgehead atoms. The van der Waals surface area contributed by atoms with Gasteiger partial charge in [-0.15, -0.1) is 17.9 Å². The number of thioether (sulfide) groups is 1. The van der Waals surface area contributed by atoms with Crippen LogP contribution in [-0.2, 0) is 12.8 Å². The molecule has 3 aromatic rings. The largest absolute Gasteiger partial charge is 0.268 e. The normalized spacial score (nSPS) is 13.8. The summed E-state index contributed by atoms with van der Waals surface area (Å²) in [6.45, 7) is 5.84. The molecule has 0 fully saturated rings. The Morgan fingerprint density at radius 1 is 1.36 bits per heavy atom. The highest BCUT2D eigenvalue weighted by Gasteiger charge is 2.22. The number of benzene rings is 1. The highest BCUT2D eigenvalue weighted by atomic mass is 32.2. The fourth-order valence-electron chi connectivity index (χ4n) is 3.41. The Labute approximate surface area is 155 Å². The van der Waals surface area contributed by atoms with Crippen LogP contribution in [0.1, 0.15) is 28.8 Å². The van der Waals surface area contributed by atoms with Gasteiger partial charge in [-0.1, -0.05) is 30.0 Å². The molecule has 4 rings (SSSR count). The molecule has 2 aromatic heterocycles. The minimum atomic E-state index is 0.0709. The van der Waals surface area contributed by atoms with Crippen LogP contribution in [0.3, 0.4) is 0 Å². The van der Waals surface area contributed by atoms with Crippen molar-refractivity contribution in [3.63, 3.8) is 0 Å². The highest BCUT2D eigenvalue weighted by Crippen LogP contribution is 2.35. The molecule has 0 radical (unpaired) electrons. The van der Waals surface area contributed by atoms with Crippen LogP contribution in [-0.4, -0.2) is 15.3 Å². The second kappa shape index (κ2) is 6.81. The summed E-state index contributed by atoms with van der Waals surface area (Å²) in [5.74, 6) is 0.731. The van der Waals surface area contributed by atoms with E-state index in [1.807, 2.05) is 37.3 Å². The second-order valence-corrected chi connectivity index (χ2v) is 8.44. The molecule has 25 heavy (non-hydrogen) atoms. The Hall–Kier alpha value is -1.85. The Morgan fingerprint density at radius 3 is 3.00 bits per heavy atom. The minimum Gasteiger partial charge on any atom is -0.268 e. The van der Waals surface area contributed by atoms with E-state index in [4.69, 9.17) is 4.98 Å². The Morgan fingerprint density at radius 2 is 2.20 bits per heavy atom. The van der Waals surface area contributed by atoms with Gasteiger partial charge in [-0.3, -0.25) is 9.36 Å². The summed E-state index contributed by atoms with van der Waals surface area (Å²) in [7, 11) is 0. The predicted octanol–water partition coefficient (Wildman–Crippen LogP) is 4.91. The smallest absolute Gasteiger partial charge is 0.267 e.